The third kappa shape index (κ3) is 3.96. The molecule has 0 aliphatic carbocycles. The standard InChI is InChI=1S/C11H16ClNO2/c1-2-3-4-5-15-11-8-13-9(7-12)6-10(11)14/h6,8H,2-5,7H2,1H3,(H,13,14). The van der Waals surface area contributed by atoms with Gasteiger partial charge in [-0.25, -0.2) is 0 Å². The number of H-pyrrole nitrogens is 1. The highest BCUT2D eigenvalue weighted by Crippen LogP contribution is 2.05. The first-order valence-corrected chi connectivity index (χ1v) is 5.71. The Morgan fingerprint density at radius 3 is 2.87 bits per heavy atom. The minimum Gasteiger partial charge on any atom is -0.488 e. The molecule has 0 spiro atoms. The smallest absolute Gasteiger partial charge is 0.223 e. The van der Waals surface area contributed by atoms with Crippen molar-refractivity contribution in [3.8, 4) is 5.75 Å². The van der Waals surface area contributed by atoms with Gasteiger partial charge in [0.15, 0.2) is 5.75 Å². The van der Waals surface area contributed by atoms with Crippen LogP contribution in [-0.4, -0.2) is 11.6 Å². The number of aromatic nitrogens is 1. The molecule has 3 nitrogen and oxygen atoms in total. The Bertz CT molecular complexity index is 349. The number of hydrogen-bond acceptors (Lipinski definition) is 2. The summed E-state index contributed by atoms with van der Waals surface area (Å²) in [6.45, 7) is 2.72. The Morgan fingerprint density at radius 2 is 2.27 bits per heavy atom. The zero-order valence-electron chi connectivity index (χ0n) is 8.88. The Hall–Kier alpha value is -0.960. The first-order chi connectivity index (χ1) is 7.27. The molecule has 0 bridgehead atoms. The second-order valence-corrected chi connectivity index (χ2v) is 3.64. The molecule has 1 rings (SSSR count). The average Bonchev–Trinajstić information content (AvgIpc) is 2.26. The maximum absolute atomic E-state index is 11.5. The highest BCUT2D eigenvalue weighted by molar-refractivity contribution is 6.16. The van der Waals surface area contributed by atoms with Crippen LogP contribution in [0, 0.1) is 0 Å². The molecule has 1 heterocycles. The molecule has 0 fully saturated rings. The van der Waals surface area contributed by atoms with E-state index in [0.717, 1.165) is 19.3 Å². The summed E-state index contributed by atoms with van der Waals surface area (Å²) in [5, 5.41) is 0. The van der Waals surface area contributed by atoms with Crippen LogP contribution in [0.4, 0.5) is 0 Å². The predicted molar refractivity (Wildman–Crippen MR) is 61.6 cm³/mol. The Kier molecular flexibility index (Phi) is 5.26. The number of rotatable bonds is 6. The molecule has 1 N–H and O–H groups in total. The molecule has 0 unspecified atom stereocenters. The Labute approximate surface area is 94.4 Å². The monoisotopic (exact) mass is 229 g/mol. The quantitative estimate of drug-likeness (QED) is 0.602. The van der Waals surface area contributed by atoms with Crippen molar-refractivity contribution in [3.63, 3.8) is 0 Å². The summed E-state index contributed by atoms with van der Waals surface area (Å²) >= 11 is 5.59. The average molecular weight is 230 g/mol. The lowest BCUT2D eigenvalue weighted by atomic mass is 10.3. The summed E-state index contributed by atoms with van der Waals surface area (Å²) < 4.78 is 5.35. The number of pyridine rings is 1. The summed E-state index contributed by atoms with van der Waals surface area (Å²) in [4.78, 5) is 14.4. The highest BCUT2D eigenvalue weighted by Gasteiger charge is 2.01. The van der Waals surface area contributed by atoms with Crippen LogP contribution < -0.4 is 10.2 Å². The van der Waals surface area contributed by atoms with Crippen LogP contribution in [0.25, 0.3) is 0 Å². The molecule has 0 saturated heterocycles. The van der Waals surface area contributed by atoms with Crippen molar-refractivity contribution in [1.82, 2.24) is 4.98 Å². The molecule has 1 aromatic heterocycles. The van der Waals surface area contributed by atoms with Gasteiger partial charge in [0, 0.05) is 18.0 Å². The molecule has 0 amide bonds. The van der Waals surface area contributed by atoms with E-state index in [4.69, 9.17) is 16.3 Å². The molecule has 1 aromatic rings. The number of ether oxygens (including phenoxy) is 1. The maximum atomic E-state index is 11.5. The molecular formula is C11H16ClNO2. The fourth-order valence-corrected chi connectivity index (χ4v) is 1.38. The van der Waals surface area contributed by atoms with Crippen LogP contribution in [0.2, 0.25) is 0 Å². The Balaban J connectivity index is 2.51. The van der Waals surface area contributed by atoms with E-state index < -0.39 is 0 Å². The lowest BCUT2D eigenvalue weighted by molar-refractivity contribution is 0.302. The zero-order chi connectivity index (χ0) is 11.1. The number of unbranched alkanes of at least 4 members (excludes halogenated alkanes) is 2. The molecule has 4 heteroatoms. The van der Waals surface area contributed by atoms with E-state index >= 15 is 0 Å². The van der Waals surface area contributed by atoms with E-state index in [2.05, 4.69) is 11.9 Å². The van der Waals surface area contributed by atoms with E-state index in [1.807, 2.05) is 0 Å². The summed E-state index contributed by atoms with van der Waals surface area (Å²) in [7, 11) is 0. The van der Waals surface area contributed by atoms with Gasteiger partial charge in [0.1, 0.15) is 0 Å². The third-order valence-electron chi connectivity index (χ3n) is 2.09. The second kappa shape index (κ2) is 6.51. The third-order valence-corrected chi connectivity index (χ3v) is 2.37. The molecular weight excluding hydrogens is 214 g/mol. The first kappa shape index (κ1) is 12.1. The molecule has 0 aliphatic heterocycles. The number of nitrogens with one attached hydrogen (secondary N) is 1. The summed E-state index contributed by atoms with van der Waals surface area (Å²) in [6.07, 6.45) is 4.82. The van der Waals surface area contributed by atoms with Gasteiger partial charge >= 0.3 is 0 Å². The van der Waals surface area contributed by atoms with Crippen LogP contribution in [0.15, 0.2) is 17.1 Å². The molecule has 0 aliphatic rings. The zero-order valence-corrected chi connectivity index (χ0v) is 9.64. The fourth-order valence-electron chi connectivity index (χ4n) is 1.22. The van der Waals surface area contributed by atoms with Crippen LogP contribution in [0.3, 0.4) is 0 Å². The number of aromatic amines is 1. The fraction of sp³-hybridized carbons (Fsp3) is 0.545. The topological polar surface area (TPSA) is 42.1 Å². The van der Waals surface area contributed by atoms with Gasteiger partial charge in [0.25, 0.3) is 0 Å². The van der Waals surface area contributed by atoms with Gasteiger partial charge in [-0.05, 0) is 6.42 Å². The number of halogens is 1. The molecule has 0 atom stereocenters. The van der Waals surface area contributed by atoms with Gasteiger partial charge in [0.05, 0.1) is 12.5 Å². The normalized spacial score (nSPS) is 10.3. The van der Waals surface area contributed by atoms with E-state index in [1.54, 1.807) is 6.20 Å². The van der Waals surface area contributed by atoms with Crippen molar-refractivity contribution in [1.29, 1.82) is 0 Å². The summed E-state index contributed by atoms with van der Waals surface area (Å²) in [6, 6.07) is 1.47. The lowest BCUT2D eigenvalue weighted by Gasteiger charge is -2.05. The maximum Gasteiger partial charge on any atom is 0.223 e. The molecule has 84 valence electrons. The summed E-state index contributed by atoms with van der Waals surface area (Å²) in [5.41, 5.74) is 0.600. The second-order valence-electron chi connectivity index (χ2n) is 3.38. The van der Waals surface area contributed by atoms with E-state index in [1.165, 1.54) is 6.07 Å². The molecule has 0 aromatic carbocycles. The lowest BCUT2D eigenvalue weighted by Crippen LogP contribution is -2.10. The van der Waals surface area contributed by atoms with E-state index in [0.29, 0.717) is 23.9 Å². The SMILES string of the molecule is CCCCCOc1c[nH]c(CCl)cc1=O. The van der Waals surface area contributed by atoms with Crippen molar-refractivity contribution in [2.75, 3.05) is 6.61 Å². The van der Waals surface area contributed by atoms with Crippen molar-refractivity contribution in [3.05, 3.63) is 28.2 Å². The van der Waals surface area contributed by atoms with Crippen molar-refractivity contribution in [2.24, 2.45) is 0 Å². The number of hydrogen-bond donors (Lipinski definition) is 1. The number of alkyl halides is 1. The predicted octanol–water partition coefficient (Wildman–Crippen LogP) is 2.68. The van der Waals surface area contributed by atoms with Gasteiger partial charge in [0.2, 0.25) is 5.43 Å². The summed E-state index contributed by atoms with van der Waals surface area (Å²) in [5.74, 6) is 0.686. The van der Waals surface area contributed by atoms with Crippen LogP contribution in [-0.2, 0) is 5.88 Å². The van der Waals surface area contributed by atoms with Gasteiger partial charge in [-0.2, -0.15) is 0 Å². The minimum atomic E-state index is -0.110. The van der Waals surface area contributed by atoms with E-state index in [-0.39, 0.29) is 5.43 Å². The molecule has 0 saturated carbocycles. The molecule has 15 heavy (non-hydrogen) atoms. The van der Waals surface area contributed by atoms with Gasteiger partial charge in [-0.1, -0.05) is 19.8 Å². The molecule has 0 radical (unpaired) electrons. The Morgan fingerprint density at radius 1 is 1.47 bits per heavy atom. The highest BCUT2D eigenvalue weighted by atomic mass is 35.5. The first-order valence-electron chi connectivity index (χ1n) is 5.18. The van der Waals surface area contributed by atoms with Crippen molar-refractivity contribution < 1.29 is 4.74 Å². The van der Waals surface area contributed by atoms with Crippen molar-refractivity contribution in [2.45, 2.75) is 32.1 Å². The van der Waals surface area contributed by atoms with Crippen LogP contribution in [0.5, 0.6) is 5.75 Å². The van der Waals surface area contributed by atoms with Crippen LogP contribution in [0.1, 0.15) is 31.9 Å². The van der Waals surface area contributed by atoms with Gasteiger partial charge < -0.3 is 9.72 Å². The largest absolute Gasteiger partial charge is 0.488 e. The van der Waals surface area contributed by atoms with Gasteiger partial charge in [-0.15, -0.1) is 11.6 Å². The van der Waals surface area contributed by atoms with Gasteiger partial charge in [-0.3, -0.25) is 4.79 Å². The van der Waals surface area contributed by atoms with Crippen LogP contribution >= 0.6 is 11.6 Å². The van der Waals surface area contributed by atoms with E-state index in [9.17, 15) is 4.79 Å². The minimum absolute atomic E-state index is 0.110. The van der Waals surface area contributed by atoms with Crippen molar-refractivity contribution >= 4 is 11.6 Å².